The molecule has 0 aliphatic rings. The fourth-order valence-electron chi connectivity index (χ4n) is 1.60. The van der Waals surface area contributed by atoms with Crippen LogP contribution in [0.5, 0.6) is 0 Å². The number of rotatable bonds is 8. The van der Waals surface area contributed by atoms with E-state index < -0.39 is 0 Å². The third-order valence-electron chi connectivity index (χ3n) is 2.63. The van der Waals surface area contributed by atoms with Gasteiger partial charge in [-0.15, -0.1) is 0 Å². The van der Waals surface area contributed by atoms with Gasteiger partial charge in [0, 0.05) is 32.4 Å². The second-order valence-corrected chi connectivity index (χ2v) is 4.35. The van der Waals surface area contributed by atoms with Gasteiger partial charge in [-0.05, 0) is 37.5 Å². The lowest BCUT2D eigenvalue weighted by molar-refractivity contribution is -0.120. The van der Waals surface area contributed by atoms with Crippen LogP contribution in [0.15, 0.2) is 23.3 Å². The molecule has 19 heavy (non-hydrogen) atoms. The fraction of sp³-hybridized carbons (Fsp3) is 0.500. The van der Waals surface area contributed by atoms with E-state index in [4.69, 9.17) is 0 Å². The van der Waals surface area contributed by atoms with Gasteiger partial charge < -0.3 is 10.6 Å². The molecule has 1 heterocycles. The second-order valence-electron chi connectivity index (χ2n) is 4.35. The van der Waals surface area contributed by atoms with E-state index >= 15 is 0 Å². The highest BCUT2D eigenvalue weighted by molar-refractivity contribution is 5.78. The zero-order valence-corrected chi connectivity index (χ0v) is 11.6. The van der Waals surface area contributed by atoms with Gasteiger partial charge in [0.25, 0.3) is 0 Å². The number of aliphatic imine (C=N–C) groups is 1. The highest BCUT2D eigenvalue weighted by Crippen LogP contribution is 2.05. The summed E-state index contributed by atoms with van der Waals surface area (Å²) in [6.45, 7) is 3.39. The summed E-state index contributed by atoms with van der Waals surface area (Å²) in [5.41, 5.74) is 1.19. The van der Waals surface area contributed by atoms with Crippen LogP contribution in [0.4, 0.5) is 5.82 Å². The Hall–Kier alpha value is -1.91. The molecule has 0 unspecified atom stereocenters. The lowest BCUT2D eigenvalue weighted by Crippen LogP contribution is -2.24. The first-order chi connectivity index (χ1) is 9.22. The molecule has 0 aliphatic heterocycles. The normalized spacial score (nSPS) is 10.6. The number of carbonyl (C=O) groups excluding carboxylic acids is 1. The van der Waals surface area contributed by atoms with E-state index in [1.54, 1.807) is 19.5 Å². The van der Waals surface area contributed by atoms with Crippen LogP contribution in [-0.2, 0) is 4.79 Å². The average Bonchev–Trinajstić information content (AvgIpc) is 2.39. The SMILES string of the molecule is CN=CCNC(=O)CCCCNc1cc(C)ccn1. The Morgan fingerprint density at radius 3 is 3.05 bits per heavy atom. The van der Waals surface area contributed by atoms with Gasteiger partial charge in [0.1, 0.15) is 5.82 Å². The number of pyridine rings is 1. The summed E-state index contributed by atoms with van der Waals surface area (Å²) in [4.78, 5) is 19.4. The van der Waals surface area contributed by atoms with Crippen LogP contribution in [-0.4, -0.2) is 37.2 Å². The fourth-order valence-corrected chi connectivity index (χ4v) is 1.60. The van der Waals surface area contributed by atoms with E-state index in [1.807, 2.05) is 19.1 Å². The van der Waals surface area contributed by atoms with Gasteiger partial charge in [-0.25, -0.2) is 4.98 Å². The number of amides is 1. The second kappa shape index (κ2) is 9.08. The van der Waals surface area contributed by atoms with Crippen LogP contribution < -0.4 is 10.6 Å². The molecule has 0 atom stereocenters. The van der Waals surface area contributed by atoms with Gasteiger partial charge in [0.2, 0.25) is 5.91 Å². The van der Waals surface area contributed by atoms with Crippen molar-refractivity contribution < 1.29 is 4.79 Å². The van der Waals surface area contributed by atoms with Crippen LogP contribution in [0, 0.1) is 6.92 Å². The number of unbranched alkanes of at least 4 members (excludes halogenated alkanes) is 1. The zero-order valence-electron chi connectivity index (χ0n) is 11.6. The maximum absolute atomic E-state index is 11.4. The van der Waals surface area contributed by atoms with Crippen molar-refractivity contribution in [2.45, 2.75) is 26.2 Å². The van der Waals surface area contributed by atoms with Crippen molar-refractivity contribution in [1.29, 1.82) is 0 Å². The summed E-state index contributed by atoms with van der Waals surface area (Å²) in [5, 5.41) is 6.03. The Balaban J connectivity index is 2.06. The lowest BCUT2D eigenvalue weighted by Gasteiger charge is -2.06. The molecule has 5 nitrogen and oxygen atoms in total. The third kappa shape index (κ3) is 7.18. The summed E-state index contributed by atoms with van der Waals surface area (Å²) >= 11 is 0. The molecule has 0 aliphatic carbocycles. The van der Waals surface area contributed by atoms with Gasteiger partial charge in [0.05, 0.1) is 6.54 Å². The molecule has 1 aromatic heterocycles. The average molecular weight is 262 g/mol. The van der Waals surface area contributed by atoms with Gasteiger partial charge in [-0.1, -0.05) is 0 Å². The van der Waals surface area contributed by atoms with E-state index in [9.17, 15) is 4.79 Å². The maximum atomic E-state index is 11.4. The topological polar surface area (TPSA) is 66.4 Å². The summed E-state index contributed by atoms with van der Waals surface area (Å²) < 4.78 is 0. The van der Waals surface area contributed by atoms with Crippen LogP contribution >= 0.6 is 0 Å². The monoisotopic (exact) mass is 262 g/mol. The molecule has 0 bridgehead atoms. The number of nitrogens with one attached hydrogen (secondary N) is 2. The summed E-state index contributed by atoms with van der Waals surface area (Å²) in [6.07, 6.45) is 5.85. The molecular weight excluding hydrogens is 240 g/mol. The Morgan fingerprint density at radius 2 is 2.32 bits per heavy atom. The molecule has 2 N–H and O–H groups in total. The van der Waals surface area contributed by atoms with Crippen LogP contribution in [0.1, 0.15) is 24.8 Å². The van der Waals surface area contributed by atoms with Crippen molar-refractivity contribution in [3.63, 3.8) is 0 Å². The number of nitrogens with zero attached hydrogens (tertiary/aromatic N) is 2. The minimum absolute atomic E-state index is 0.0774. The van der Waals surface area contributed by atoms with Crippen LogP contribution in [0.3, 0.4) is 0 Å². The predicted molar refractivity (Wildman–Crippen MR) is 78.7 cm³/mol. The summed E-state index contributed by atoms with van der Waals surface area (Å²) in [7, 11) is 1.69. The minimum Gasteiger partial charge on any atom is -0.370 e. The van der Waals surface area contributed by atoms with E-state index in [2.05, 4.69) is 20.6 Å². The van der Waals surface area contributed by atoms with E-state index in [0.717, 1.165) is 25.2 Å². The minimum atomic E-state index is 0.0774. The van der Waals surface area contributed by atoms with E-state index in [-0.39, 0.29) is 5.91 Å². The van der Waals surface area contributed by atoms with Crippen molar-refractivity contribution in [1.82, 2.24) is 10.3 Å². The molecule has 0 saturated heterocycles. The number of aryl methyl sites for hydroxylation is 1. The molecule has 0 spiro atoms. The Morgan fingerprint density at radius 1 is 1.47 bits per heavy atom. The highest BCUT2D eigenvalue weighted by Gasteiger charge is 1.99. The molecule has 0 fully saturated rings. The Bertz CT molecular complexity index is 418. The van der Waals surface area contributed by atoms with Crippen molar-refractivity contribution in [2.24, 2.45) is 4.99 Å². The Labute approximate surface area is 114 Å². The maximum Gasteiger partial charge on any atom is 0.220 e. The number of aromatic nitrogens is 1. The first kappa shape index (κ1) is 15.1. The van der Waals surface area contributed by atoms with Gasteiger partial charge in [-0.2, -0.15) is 0 Å². The largest absolute Gasteiger partial charge is 0.370 e. The third-order valence-corrected chi connectivity index (χ3v) is 2.63. The van der Waals surface area contributed by atoms with Crippen molar-refractivity contribution >= 4 is 17.9 Å². The molecule has 104 valence electrons. The molecule has 1 amide bonds. The van der Waals surface area contributed by atoms with Crippen molar-refractivity contribution in [3.8, 4) is 0 Å². The lowest BCUT2D eigenvalue weighted by atomic mass is 10.2. The predicted octanol–water partition coefficient (Wildman–Crippen LogP) is 1.79. The molecule has 1 aromatic rings. The summed E-state index contributed by atoms with van der Waals surface area (Å²) in [6, 6.07) is 3.98. The van der Waals surface area contributed by atoms with E-state index in [1.165, 1.54) is 5.56 Å². The number of anilines is 1. The van der Waals surface area contributed by atoms with Gasteiger partial charge >= 0.3 is 0 Å². The van der Waals surface area contributed by atoms with Crippen molar-refractivity contribution in [2.75, 3.05) is 25.5 Å². The molecular formula is C14H22N4O. The van der Waals surface area contributed by atoms with Gasteiger partial charge in [0.15, 0.2) is 0 Å². The molecule has 5 heteroatoms. The first-order valence-corrected chi connectivity index (χ1v) is 6.56. The summed E-state index contributed by atoms with van der Waals surface area (Å²) in [5.74, 6) is 0.970. The first-order valence-electron chi connectivity index (χ1n) is 6.56. The number of hydrogen-bond acceptors (Lipinski definition) is 4. The molecule has 0 radical (unpaired) electrons. The molecule has 0 saturated carbocycles. The number of hydrogen-bond donors (Lipinski definition) is 2. The molecule has 1 rings (SSSR count). The zero-order chi connectivity index (χ0) is 13.9. The Kier molecular flexibility index (Phi) is 7.24. The highest BCUT2D eigenvalue weighted by atomic mass is 16.1. The standard InChI is InChI=1S/C14H22N4O/c1-12-6-8-17-13(11-12)16-7-4-3-5-14(19)18-10-9-15-2/h6,8-9,11H,3-5,7,10H2,1-2H3,(H,16,17)(H,18,19). The van der Waals surface area contributed by atoms with Crippen molar-refractivity contribution in [3.05, 3.63) is 23.9 Å². The van der Waals surface area contributed by atoms with Crippen LogP contribution in [0.25, 0.3) is 0 Å². The smallest absolute Gasteiger partial charge is 0.220 e. The number of carbonyl (C=O) groups is 1. The van der Waals surface area contributed by atoms with E-state index in [0.29, 0.717) is 13.0 Å². The van der Waals surface area contributed by atoms with Gasteiger partial charge in [-0.3, -0.25) is 9.79 Å². The van der Waals surface area contributed by atoms with Crippen LogP contribution in [0.2, 0.25) is 0 Å². The molecule has 0 aromatic carbocycles. The quantitative estimate of drug-likeness (QED) is 0.554.